The van der Waals surface area contributed by atoms with Crippen molar-refractivity contribution in [3.8, 4) is 0 Å². The van der Waals surface area contributed by atoms with Crippen LogP contribution in [0.15, 0.2) is 16.7 Å². The van der Waals surface area contributed by atoms with Gasteiger partial charge in [-0.2, -0.15) is 0 Å². The summed E-state index contributed by atoms with van der Waals surface area (Å²) in [7, 11) is 2.09. The molecule has 0 fully saturated rings. The Morgan fingerprint density at radius 1 is 1.47 bits per heavy atom. The molecule has 0 aliphatic carbocycles. The standard InChI is InChI=1S/C12H19BrN2/c1-6-12(3,4)15(5)11-10(13)9(2)7-8-14-11/h7-8H,6H2,1-5H3. The number of anilines is 1. The molecular weight excluding hydrogens is 252 g/mol. The molecule has 0 unspecified atom stereocenters. The summed E-state index contributed by atoms with van der Waals surface area (Å²) in [5.74, 6) is 1.02. The van der Waals surface area contributed by atoms with E-state index < -0.39 is 0 Å². The fourth-order valence-electron chi connectivity index (χ4n) is 1.28. The van der Waals surface area contributed by atoms with Crippen molar-refractivity contribution in [1.82, 2.24) is 4.98 Å². The molecule has 15 heavy (non-hydrogen) atoms. The zero-order valence-corrected chi connectivity index (χ0v) is 11.7. The van der Waals surface area contributed by atoms with Crippen molar-refractivity contribution in [2.45, 2.75) is 39.7 Å². The van der Waals surface area contributed by atoms with E-state index in [1.54, 1.807) is 0 Å². The summed E-state index contributed by atoms with van der Waals surface area (Å²) >= 11 is 3.60. The summed E-state index contributed by atoms with van der Waals surface area (Å²) in [5, 5.41) is 0. The lowest BCUT2D eigenvalue weighted by atomic mass is 10.00. The van der Waals surface area contributed by atoms with Gasteiger partial charge in [-0.1, -0.05) is 6.92 Å². The number of pyridine rings is 1. The van der Waals surface area contributed by atoms with Crippen LogP contribution in [0, 0.1) is 6.92 Å². The summed E-state index contributed by atoms with van der Waals surface area (Å²) < 4.78 is 1.09. The summed E-state index contributed by atoms with van der Waals surface area (Å²) in [6.45, 7) is 8.73. The third-order valence-electron chi connectivity index (χ3n) is 3.15. The molecule has 0 radical (unpaired) electrons. The van der Waals surface area contributed by atoms with Crippen LogP contribution >= 0.6 is 15.9 Å². The number of aromatic nitrogens is 1. The predicted molar refractivity (Wildman–Crippen MR) is 69.4 cm³/mol. The average molecular weight is 271 g/mol. The molecule has 0 aliphatic heterocycles. The lowest BCUT2D eigenvalue weighted by Crippen LogP contribution is -2.41. The first-order valence-electron chi connectivity index (χ1n) is 5.25. The topological polar surface area (TPSA) is 16.1 Å². The largest absolute Gasteiger partial charge is 0.354 e. The first-order valence-corrected chi connectivity index (χ1v) is 6.04. The van der Waals surface area contributed by atoms with Crippen molar-refractivity contribution in [3.63, 3.8) is 0 Å². The minimum atomic E-state index is 0.128. The molecule has 1 heterocycles. The van der Waals surface area contributed by atoms with Gasteiger partial charge < -0.3 is 4.90 Å². The second-order valence-electron chi connectivity index (χ2n) is 4.49. The molecule has 0 saturated heterocycles. The third kappa shape index (κ3) is 2.51. The smallest absolute Gasteiger partial charge is 0.143 e. The normalized spacial score (nSPS) is 11.6. The van der Waals surface area contributed by atoms with E-state index in [-0.39, 0.29) is 5.54 Å². The zero-order valence-electron chi connectivity index (χ0n) is 10.1. The Morgan fingerprint density at radius 3 is 2.60 bits per heavy atom. The lowest BCUT2D eigenvalue weighted by molar-refractivity contribution is 0.466. The Morgan fingerprint density at radius 2 is 2.07 bits per heavy atom. The first kappa shape index (κ1) is 12.5. The maximum Gasteiger partial charge on any atom is 0.143 e. The molecular formula is C12H19BrN2. The molecule has 0 atom stereocenters. The van der Waals surface area contributed by atoms with Gasteiger partial charge in [0, 0.05) is 18.8 Å². The monoisotopic (exact) mass is 270 g/mol. The van der Waals surface area contributed by atoms with Crippen molar-refractivity contribution >= 4 is 21.7 Å². The minimum absolute atomic E-state index is 0.128. The molecule has 0 bridgehead atoms. The minimum Gasteiger partial charge on any atom is -0.354 e. The molecule has 0 amide bonds. The summed E-state index contributed by atoms with van der Waals surface area (Å²) in [5.41, 5.74) is 1.35. The Balaban J connectivity index is 3.12. The quantitative estimate of drug-likeness (QED) is 0.831. The van der Waals surface area contributed by atoms with Crippen molar-refractivity contribution in [2.24, 2.45) is 0 Å². The lowest BCUT2D eigenvalue weighted by Gasteiger charge is -2.36. The number of rotatable bonds is 3. The molecule has 3 heteroatoms. The molecule has 84 valence electrons. The maximum atomic E-state index is 4.43. The highest BCUT2D eigenvalue weighted by molar-refractivity contribution is 9.10. The van der Waals surface area contributed by atoms with Crippen LogP contribution in [0.4, 0.5) is 5.82 Å². The van der Waals surface area contributed by atoms with E-state index in [1.807, 2.05) is 12.3 Å². The van der Waals surface area contributed by atoms with Crippen molar-refractivity contribution < 1.29 is 0 Å². The maximum absolute atomic E-state index is 4.43. The number of aryl methyl sites for hydroxylation is 1. The summed E-state index contributed by atoms with van der Waals surface area (Å²) in [4.78, 5) is 6.66. The average Bonchev–Trinajstić information content (AvgIpc) is 2.21. The molecule has 2 nitrogen and oxygen atoms in total. The van der Waals surface area contributed by atoms with Gasteiger partial charge in [-0.25, -0.2) is 4.98 Å². The molecule has 0 spiro atoms. The van der Waals surface area contributed by atoms with Crippen LogP contribution in [0.25, 0.3) is 0 Å². The van der Waals surface area contributed by atoms with Gasteiger partial charge in [0.2, 0.25) is 0 Å². The molecule has 1 rings (SSSR count). The number of hydrogen-bond acceptors (Lipinski definition) is 2. The van der Waals surface area contributed by atoms with E-state index in [0.29, 0.717) is 0 Å². The van der Waals surface area contributed by atoms with Crippen LogP contribution in [-0.2, 0) is 0 Å². The van der Waals surface area contributed by atoms with E-state index in [9.17, 15) is 0 Å². The highest BCUT2D eigenvalue weighted by Crippen LogP contribution is 2.31. The second-order valence-corrected chi connectivity index (χ2v) is 5.28. The van der Waals surface area contributed by atoms with Gasteiger partial charge in [0.15, 0.2) is 0 Å². The summed E-state index contributed by atoms with van der Waals surface area (Å²) in [6.07, 6.45) is 2.95. The van der Waals surface area contributed by atoms with Gasteiger partial charge in [-0.3, -0.25) is 0 Å². The van der Waals surface area contributed by atoms with Crippen LogP contribution in [0.3, 0.4) is 0 Å². The van der Waals surface area contributed by atoms with Crippen LogP contribution in [0.5, 0.6) is 0 Å². The zero-order chi connectivity index (χ0) is 11.6. The van der Waals surface area contributed by atoms with E-state index in [2.05, 4.69) is 60.6 Å². The van der Waals surface area contributed by atoms with Gasteiger partial charge in [-0.15, -0.1) is 0 Å². The van der Waals surface area contributed by atoms with Crippen LogP contribution in [0.1, 0.15) is 32.8 Å². The van der Waals surface area contributed by atoms with Gasteiger partial charge in [0.05, 0.1) is 4.47 Å². The van der Waals surface area contributed by atoms with E-state index in [0.717, 1.165) is 16.7 Å². The molecule has 0 N–H and O–H groups in total. The number of halogens is 1. The highest BCUT2D eigenvalue weighted by atomic mass is 79.9. The van der Waals surface area contributed by atoms with Gasteiger partial charge in [0.25, 0.3) is 0 Å². The highest BCUT2D eigenvalue weighted by Gasteiger charge is 2.24. The second kappa shape index (κ2) is 4.52. The van der Waals surface area contributed by atoms with E-state index in [4.69, 9.17) is 0 Å². The Labute approximate surface area is 101 Å². The van der Waals surface area contributed by atoms with Crippen LogP contribution in [-0.4, -0.2) is 17.6 Å². The first-order chi connectivity index (χ1) is 6.90. The molecule has 0 saturated carbocycles. The Bertz CT molecular complexity index is 347. The van der Waals surface area contributed by atoms with Gasteiger partial charge >= 0.3 is 0 Å². The summed E-state index contributed by atoms with van der Waals surface area (Å²) in [6, 6.07) is 2.01. The molecule has 1 aromatic rings. The number of hydrogen-bond donors (Lipinski definition) is 0. The fraction of sp³-hybridized carbons (Fsp3) is 0.583. The molecule has 0 aromatic carbocycles. The predicted octanol–water partition coefficient (Wildman–Crippen LogP) is 3.78. The van der Waals surface area contributed by atoms with Crippen molar-refractivity contribution in [3.05, 3.63) is 22.3 Å². The van der Waals surface area contributed by atoms with E-state index >= 15 is 0 Å². The van der Waals surface area contributed by atoms with Gasteiger partial charge in [-0.05, 0) is 54.8 Å². The Hall–Kier alpha value is -0.570. The molecule has 1 aromatic heterocycles. The SMILES string of the molecule is CCC(C)(C)N(C)c1nccc(C)c1Br. The van der Waals surface area contributed by atoms with Crippen LogP contribution in [0.2, 0.25) is 0 Å². The van der Waals surface area contributed by atoms with Gasteiger partial charge in [0.1, 0.15) is 5.82 Å². The van der Waals surface area contributed by atoms with E-state index in [1.165, 1.54) is 5.56 Å². The van der Waals surface area contributed by atoms with Crippen molar-refractivity contribution in [1.29, 1.82) is 0 Å². The third-order valence-corrected chi connectivity index (χ3v) is 4.13. The fourth-order valence-corrected chi connectivity index (χ4v) is 1.78. The van der Waals surface area contributed by atoms with Crippen molar-refractivity contribution in [2.75, 3.05) is 11.9 Å². The van der Waals surface area contributed by atoms with Crippen LogP contribution < -0.4 is 4.90 Å². The Kier molecular flexibility index (Phi) is 3.77. The molecule has 0 aliphatic rings. The number of nitrogens with zero attached hydrogens (tertiary/aromatic N) is 2.